The van der Waals surface area contributed by atoms with Gasteiger partial charge in [0.05, 0.1) is 12.5 Å². The average molecular weight is 298 g/mol. The van der Waals surface area contributed by atoms with Gasteiger partial charge in [0.2, 0.25) is 0 Å². The third kappa shape index (κ3) is 1.72. The highest BCUT2D eigenvalue weighted by atomic mass is 32.1. The Balaban J connectivity index is 2.30. The second-order valence-corrected chi connectivity index (χ2v) is 6.16. The summed E-state index contributed by atoms with van der Waals surface area (Å²) in [5, 5.41) is 3.39. The molecule has 0 aliphatic rings. The fraction of sp³-hybridized carbons (Fsp3) is 0.118. The van der Waals surface area contributed by atoms with Gasteiger partial charge in [-0.05, 0) is 30.3 Å². The van der Waals surface area contributed by atoms with E-state index in [1.165, 1.54) is 11.5 Å². The molecule has 4 heteroatoms. The van der Waals surface area contributed by atoms with Crippen molar-refractivity contribution in [2.24, 2.45) is 7.05 Å². The predicted molar refractivity (Wildman–Crippen MR) is 84.5 cm³/mol. The molecular weight excluding hydrogens is 285 g/mol. The summed E-state index contributed by atoms with van der Waals surface area (Å²) in [5.41, 5.74) is 1.05. The number of fused-ring (bicyclic) bond motifs is 5. The molecule has 0 amide bonds. The summed E-state index contributed by atoms with van der Waals surface area (Å²) < 4.78 is 23.1. The number of nitrogens with zero attached hydrogens (tertiary/aromatic N) is 1. The number of pyridine rings is 1. The Hall–Kier alpha value is -2.20. The van der Waals surface area contributed by atoms with Crippen LogP contribution in [0, 0.1) is 5.82 Å². The summed E-state index contributed by atoms with van der Waals surface area (Å²) in [4.78, 5) is 0. The molecule has 21 heavy (non-hydrogen) atoms. The highest BCUT2D eigenvalue weighted by Crippen LogP contribution is 2.38. The fourth-order valence-electron chi connectivity index (χ4n) is 2.95. The molecule has 0 spiro atoms. The number of methoxy groups -OCH3 is 1. The molecule has 104 valence electrons. The van der Waals surface area contributed by atoms with E-state index in [1.807, 2.05) is 25.2 Å². The fourth-order valence-corrected chi connectivity index (χ4v) is 4.17. The molecule has 0 fully saturated rings. The van der Waals surface area contributed by atoms with Crippen LogP contribution in [0.2, 0.25) is 0 Å². The lowest BCUT2D eigenvalue weighted by atomic mass is 10.1. The Morgan fingerprint density at radius 1 is 1.10 bits per heavy atom. The van der Waals surface area contributed by atoms with E-state index in [2.05, 4.69) is 16.8 Å². The van der Waals surface area contributed by atoms with Gasteiger partial charge in [-0.3, -0.25) is 0 Å². The van der Waals surface area contributed by atoms with Crippen molar-refractivity contribution < 1.29 is 13.7 Å². The zero-order chi connectivity index (χ0) is 14.6. The smallest absolute Gasteiger partial charge is 0.255 e. The van der Waals surface area contributed by atoms with Crippen molar-refractivity contribution in [1.29, 1.82) is 0 Å². The van der Waals surface area contributed by atoms with E-state index in [4.69, 9.17) is 4.74 Å². The second-order valence-electron chi connectivity index (χ2n) is 5.08. The van der Waals surface area contributed by atoms with Crippen molar-refractivity contribution in [2.75, 3.05) is 7.11 Å². The molecule has 0 aliphatic carbocycles. The summed E-state index contributed by atoms with van der Waals surface area (Å²) in [6.45, 7) is 0. The first-order valence-electron chi connectivity index (χ1n) is 6.66. The van der Waals surface area contributed by atoms with Gasteiger partial charge in [0.25, 0.3) is 5.52 Å². The molecule has 0 aliphatic heterocycles. The lowest BCUT2D eigenvalue weighted by Gasteiger charge is -2.04. The Morgan fingerprint density at radius 2 is 1.95 bits per heavy atom. The number of halogens is 1. The van der Waals surface area contributed by atoms with Crippen molar-refractivity contribution in [2.45, 2.75) is 0 Å². The summed E-state index contributed by atoms with van der Waals surface area (Å²) in [6, 6.07) is 11.0. The van der Waals surface area contributed by atoms with E-state index >= 15 is 0 Å². The molecule has 0 atom stereocenters. The van der Waals surface area contributed by atoms with Crippen LogP contribution in [-0.4, -0.2) is 7.11 Å². The molecule has 0 N–H and O–H groups in total. The van der Waals surface area contributed by atoms with Gasteiger partial charge in [0, 0.05) is 15.5 Å². The maximum atomic E-state index is 13.5. The maximum absolute atomic E-state index is 13.5. The molecule has 2 aromatic heterocycles. The molecule has 0 saturated heterocycles. The Morgan fingerprint density at radius 3 is 2.76 bits per heavy atom. The summed E-state index contributed by atoms with van der Waals surface area (Å²) >= 11 is 1.62. The number of thiophene rings is 1. The van der Waals surface area contributed by atoms with E-state index in [1.54, 1.807) is 24.5 Å². The molecule has 4 rings (SSSR count). The SMILES string of the molecule is COc1cccc2c3c(c[n+](C)c12)sc1cc(F)ccc13. The third-order valence-corrected chi connectivity index (χ3v) is 4.92. The van der Waals surface area contributed by atoms with Crippen molar-refractivity contribution in [1.82, 2.24) is 0 Å². The molecule has 0 unspecified atom stereocenters. The summed E-state index contributed by atoms with van der Waals surface area (Å²) in [5.74, 6) is 0.652. The van der Waals surface area contributed by atoms with E-state index < -0.39 is 0 Å². The van der Waals surface area contributed by atoms with Gasteiger partial charge in [-0.1, -0.05) is 6.07 Å². The Kier molecular flexibility index (Phi) is 2.62. The molecule has 2 heterocycles. The van der Waals surface area contributed by atoms with Crippen LogP contribution in [0.15, 0.2) is 42.6 Å². The summed E-state index contributed by atoms with van der Waals surface area (Å²) in [7, 11) is 3.69. The lowest BCUT2D eigenvalue weighted by Crippen LogP contribution is -2.28. The lowest BCUT2D eigenvalue weighted by molar-refractivity contribution is -0.643. The first kappa shape index (κ1) is 12.5. The molecule has 0 radical (unpaired) electrons. The number of hydrogen-bond donors (Lipinski definition) is 0. The minimum Gasteiger partial charge on any atom is -0.490 e. The monoisotopic (exact) mass is 298 g/mol. The zero-order valence-electron chi connectivity index (χ0n) is 11.7. The van der Waals surface area contributed by atoms with Gasteiger partial charge in [-0.15, -0.1) is 11.3 Å². The quantitative estimate of drug-likeness (QED) is 0.480. The van der Waals surface area contributed by atoms with Gasteiger partial charge >= 0.3 is 0 Å². The van der Waals surface area contributed by atoms with Gasteiger partial charge in [-0.2, -0.15) is 4.57 Å². The van der Waals surface area contributed by atoms with Crippen LogP contribution in [0.1, 0.15) is 0 Å². The topological polar surface area (TPSA) is 13.1 Å². The zero-order valence-corrected chi connectivity index (χ0v) is 12.5. The van der Waals surface area contributed by atoms with Gasteiger partial charge < -0.3 is 4.74 Å². The molecule has 2 aromatic carbocycles. The highest BCUT2D eigenvalue weighted by molar-refractivity contribution is 7.26. The first-order chi connectivity index (χ1) is 10.2. The van der Waals surface area contributed by atoms with Crippen LogP contribution in [-0.2, 0) is 7.05 Å². The third-order valence-electron chi connectivity index (χ3n) is 3.83. The largest absolute Gasteiger partial charge is 0.490 e. The number of para-hydroxylation sites is 1. The number of ether oxygens (including phenoxy) is 1. The number of aryl methyl sites for hydroxylation is 1. The molecule has 4 aromatic rings. The minimum absolute atomic E-state index is 0.194. The highest BCUT2D eigenvalue weighted by Gasteiger charge is 2.18. The van der Waals surface area contributed by atoms with Gasteiger partial charge in [0.15, 0.2) is 11.9 Å². The van der Waals surface area contributed by atoms with Crippen LogP contribution in [0.25, 0.3) is 31.1 Å². The number of hydrogen-bond acceptors (Lipinski definition) is 2. The van der Waals surface area contributed by atoms with Crippen LogP contribution in [0.4, 0.5) is 4.39 Å². The molecule has 2 nitrogen and oxygen atoms in total. The van der Waals surface area contributed by atoms with Crippen molar-refractivity contribution in [3.63, 3.8) is 0 Å². The number of benzene rings is 2. The van der Waals surface area contributed by atoms with Crippen molar-refractivity contribution in [3.8, 4) is 5.75 Å². The average Bonchev–Trinajstić information content (AvgIpc) is 2.83. The number of rotatable bonds is 1. The maximum Gasteiger partial charge on any atom is 0.255 e. The first-order valence-corrected chi connectivity index (χ1v) is 7.48. The van der Waals surface area contributed by atoms with Crippen LogP contribution in [0.5, 0.6) is 5.75 Å². The molecule has 0 saturated carbocycles. The number of aromatic nitrogens is 1. The minimum atomic E-state index is -0.194. The molecular formula is C17H13FNOS+. The summed E-state index contributed by atoms with van der Waals surface area (Å²) in [6.07, 6.45) is 2.09. The van der Waals surface area contributed by atoms with Gasteiger partial charge in [-0.25, -0.2) is 4.39 Å². The normalized spacial score (nSPS) is 11.6. The standard InChI is InChI=1S/C17H13FNOS/c1-19-9-15-16(11-7-6-10(18)8-14(11)21-15)12-4-3-5-13(20-2)17(12)19/h3-9H,1-2H3/q+1. The van der Waals surface area contributed by atoms with E-state index in [9.17, 15) is 4.39 Å². The Bertz CT molecular complexity index is 1010. The predicted octanol–water partition coefficient (Wildman–Crippen LogP) is 4.18. The second kappa shape index (κ2) is 4.40. The van der Waals surface area contributed by atoms with E-state index in [0.29, 0.717) is 0 Å². The van der Waals surface area contributed by atoms with E-state index in [0.717, 1.165) is 31.4 Å². The van der Waals surface area contributed by atoms with Crippen LogP contribution < -0.4 is 9.30 Å². The molecule has 0 bridgehead atoms. The van der Waals surface area contributed by atoms with Gasteiger partial charge in [0.1, 0.15) is 17.6 Å². The van der Waals surface area contributed by atoms with Crippen LogP contribution >= 0.6 is 11.3 Å². The van der Waals surface area contributed by atoms with Crippen LogP contribution in [0.3, 0.4) is 0 Å². The van der Waals surface area contributed by atoms with Crippen molar-refractivity contribution >= 4 is 42.4 Å². The van der Waals surface area contributed by atoms with Crippen molar-refractivity contribution in [3.05, 3.63) is 48.4 Å². The Labute approximate surface area is 125 Å². The van der Waals surface area contributed by atoms with E-state index in [-0.39, 0.29) is 5.82 Å².